The van der Waals surface area contributed by atoms with Gasteiger partial charge in [0.15, 0.2) is 12.2 Å². The van der Waals surface area contributed by atoms with Crippen molar-refractivity contribution in [2.45, 2.75) is 24.5 Å². The number of rotatable bonds is 2. The first kappa shape index (κ1) is 12.4. The number of urea groups is 1. The zero-order chi connectivity index (χ0) is 12.6. The fourth-order valence-electron chi connectivity index (χ4n) is 1.75. The highest BCUT2D eigenvalue weighted by atomic mass is 35.5. The Morgan fingerprint density at radius 2 is 2.29 bits per heavy atom. The number of amides is 2. The van der Waals surface area contributed by atoms with Gasteiger partial charge < -0.3 is 20.7 Å². The maximum absolute atomic E-state index is 11.6. The van der Waals surface area contributed by atoms with Gasteiger partial charge in [-0.3, -0.25) is 10.2 Å². The van der Waals surface area contributed by atoms with Crippen LogP contribution in [0.5, 0.6) is 0 Å². The number of hydrogen-bond acceptors (Lipinski definition) is 6. The van der Waals surface area contributed by atoms with Crippen LogP contribution in [0.1, 0.15) is 0 Å². The molecule has 2 rings (SSSR count). The summed E-state index contributed by atoms with van der Waals surface area (Å²) in [5, 5.41) is 21.7. The molecule has 8 nitrogen and oxygen atoms in total. The molecular formula is C8H13ClN4O4. The molecule has 0 aromatic carbocycles. The number of nitrogens with two attached hydrogens (primary N) is 1. The number of alkyl halides is 1. The summed E-state index contributed by atoms with van der Waals surface area (Å²) in [5.74, 6) is 0.0310. The van der Waals surface area contributed by atoms with E-state index in [0.717, 1.165) is 4.90 Å². The maximum Gasteiger partial charge on any atom is 0.327 e. The Hall–Kier alpha value is -1.09. The number of aliphatic imine (C=N–C) groups is 1. The third-order valence-corrected chi connectivity index (χ3v) is 2.99. The van der Waals surface area contributed by atoms with E-state index in [0.29, 0.717) is 0 Å². The summed E-state index contributed by atoms with van der Waals surface area (Å²) in [6.45, 7) is -0.0406. The topological polar surface area (TPSA) is 120 Å². The Balaban J connectivity index is 2.11. The molecule has 0 spiro atoms. The van der Waals surface area contributed by atoms with Crippen LogP contribution in [0.2, 0.25) is 0 Å². The standard InChI is InChI=1S/C8H13ClN4O4/c9-1-3-4(14)5(15)6(17-3)13-2-11-7(10)12-8(13)16/h3-6,14-15H,1-2H2,(H3,10,11,12,16)/t3-,4-,5-,6-/m1/s1. The van der Waals surface area contributed by atoms with Crippen LogP contribution in [0, 0.1) is 0 Å². The third-order valence-electron chi connectivity index (χ3n) is 2.69. The molecule has 9 heteroatoms. The molecule has 2 aliphatic heterocycles. The van der Waals surface area contributed by atoms with Gasteiger partial charge in [0.05, 0.1) is 5.88 Å². The Morgan fingerprint density at radius 1 is 1.59 bits per heavy atom. The van der Waals surface area contributed by atoms with Crippen molar-refractivity contribution >= 4 is 23.6 Å². The van der Waals surface area contributed by atoms with E-state index < -0.39 is 30.6 Å². The van der Waals surface area contributed by atoms with Crippen LogP contribution in [-0.2, 0) is 4.74 Å². The normalized spacial score (nSPS) is 37.9. The average Bonchev–Trinajstić information content (AvgIpc) is 2.57. The second kappa shape index (κ2) is 4.65. The summed E-state index contributed by atoms with van der Waals surface area (Å²) in [7, 11) is 0. The summed E-state index contributed by atoms with van der Waals surface area (Å²) in [4.78, 5) is 16.5. The molecule has 2 heterocycles. The number of nitrogens with zero attached hydrogens (tertiary/aromatic N) is 2. The molecule has 0 bridgehead atoms. The van der Waals surface area contributed by atoms with E-state index >= 15 is 0 Å². The lowest BCUT2D eigenvalue weighted by Crippen LogP contribution is -2.56. The highest BCUT2D eigenvalue weighted by Gasteiger charge is 2.47. The number of carbonyl (C=O) groups excluding carboxylic acids is 1. The van der Waals surface area contributed by atoms with Gasteiger partial charge >= 0.3 is 6.03 Å². The van der Waals surface area contributed by atoms with Crippen molar-refractivity contribution in [3.8, 4) is 0 Å². The van der Waals surface area contributed by atoms with Crippen LogP contribution in [0.15, 0.2) is 4.99 Å². The van der Waals surface area contributed by atoms with E-state index in [4.69, 9.17) is 22.1 Å². The second-order valence-corrected chi connectivity index (χ2v) is 4.09. The molecule has 0 saturated carbocycles. The Kier molecular flexibility index (Phi) is 3.38. The monoisotopic (exact) mass is 264 g/mol. The van der Waals surface area contributed by atoms with Crippen molar-refractivity contribution in [2.24, 2.45) is 10.7 Å². The van der Waals surface area contributed by atoms with Gasteiger partial charge in [0.1, 0.15) is 25.0 Å². The molecule has 1 saturated heterocycles. The van der Waals surface area contributed by atoms with Crippen molar-refractivity contribution in [3.63, 3.8) is 0 Å². The van der Waals surface area contributed by atoms with Gasteiger partial charge in [0, 0.05) is 0 Å². The van der Waals surface area contributed by atoms with Gasteiger partial charge in [-0.1, -0.05) is 0 Å². The number of hydrogen-bond donors (Lipinski definition) is 4. The fraction of sp³-hybridized carbons (Fsp3) is 0.750. The van der Waals surface area contributed by atoms with Crippen LogP contribution in [-0.4, -0.2) is 64.2 Å². The van der Waals surface area contributed by atoms with Gasteiger partial charge in [-0.15, -0.1) is 11.6 Å². The maximum atomic E-state index is 11.6. The molecule has 96 valence electrons. The molecular weight excluding hydrogens is 252 g/mol. The number of aliphatic hydroxyl groups excluding tert-OH is 2. The largest absolute Gasteiger partial charge is 0.387 e. The van der Waals surface area contributed by atoms with E-state index in [2.05, 4.69) is 10.3 Å². The van der Waals surface area contributed by atoms with Crippen molar-refractivity contribution in [1.82, 2.24) is 10.2 Å². The van der Waals surface area contributed by atoms with Crippen molar-refractivity contribution in [2.75, 3.05) is 12.5 Å². The molecule has 0 radical (unpaired) electrons. The molecule has 1 fully saturated rings. The summed E-state index contributed by atoms with van der Waals surface area (Å²) in [6.07, 6.45) is -4.05. The van der Waals surface area contributed by atoms with Crippen molar-refractivity contribution < 1.29 is 19.7 Å². The van der Waals surface area contributed by atoms with Gasteiger partial charge in [0.2, 0.25) is 0 Å². The van der Waals surface area contributed by atoms with Crippen LogP contribution >= 0.6 is 11.6 Å². The Labute approximate surface area is 102 Å². The molecule has 4 atom stereocenters. The number of ether oxygens (including phenoxy) is 1. The number of guanidine groups is 1. The van der Waals surface area contributed by atoms with Crippen LogP contribution in [0.25, 0.3) is 0 Å². The summed E-state index contributed by atoms with van der Waals surface area (Å²) in [5.41, 5.74) is 5.32. The highest BCUT2D eigenvalue weighted by molar-refractivity contribution is 6.18. The summed E-state index contributed by atoms with van der Waals surface area (Å²) >= 11 is 5.57. The second-order valence-electron chi connectivity index (χ2n) is 3.79. The summed E-state index contributed by atoms with van der Waals surface area (Å²) < 4.78 is 5.30. The summed E-state index contributed by atoms with van der Waals surface area (Å²) in [6, 6.07) is -0.538. The quantitative estimate of drug-likeness (QED) is 0.429. The number of carbonyl (C=O) groups is 1. The van der Waals surface area contributed by atoms with Gasteiger partial charge in [-0.2, -0.15) is 0 Å². The average molecular weight is 265 g/mol. The first-order valence-corrected chi connectivity index (χ1v) is 5.53. The first-order chi connectivity index (χ1) is 8.04. The number of halogens is 1. The van der Waals surface area contributed by atoms with Crippen LogP contribution in [0.4, 0.5) is 4.79 Å². The van der Waals surface area contributed by atoms with Crippen molar-refractivity contribution in [1.29, 1.82) is 0 Å². The fourth-order valence-corrected chi connectivity index (χ4v) is 2.00. The minimum atomic E-state index is -1.22. The lowest BCUT2D eigenvalue weighted by atomic mass is 10.1. The SMILES string of the molecule is NC1=NCN([C@@H]2O[C@H](CCl)[C@@H](O)[C@H]2O)C(=O)N1. The zero-order valence-electron chi connectivity index (χ0n) is 8.78. The lowest BCUT2D eigenvalue weighted by Gasteiger charge is -2.31. The third kappa shape index (κ3) is 2.16. The minimum absolute atomic E-state index is 0.00757. The molecule has 2 aliphatic rings. The Bertz CT molecular complexity index is 352. The van der Waals surface area contributed by atoms with Gasteiger partial charge in [-0.05, 0) is 0 Å². The lowest BCUT2D eigenvalue weighted by molar-refractivity contribution is -0.0646. The predicted octanol–water partition coefficient (Wildman–Crippen LogP) is -2.03. The van der Waals surface area contributed by atoms with E-state index in [1.54, 1.807) is 0 Å². The van der Waals surface area contributed by atoms with E-state index in [1.165, 1.54) is 0 Å². The van der Waals surface area contributed by atoms with E-state index in [9.17, 15) is 15.0 Å². The minimum Gasteiger partial charge on any atom is -0.387 e. The molecule has 17 heavy (non-hydrogen) atoms. The van der Waals surface area contributed by atoms with E-state index in [1.807, 2.05) is 0 Å². The highest BCUT2D eigenvalue weighted by Crippen LogP contribution is 2.25. The zero-order valence-corrected chi connectivity index (χ0v) is 9.54. The predicted molar refractivity (Wildman–Crippen MR) is 58.3 cm³/mol. The smallest absolute Gasteiger partial charge is 0.327 e. The van der Waals surface area contributed by atoms with Crippen molar-refractivity contribution in [3.05, 3.63) is 0 Å². The first-order valence-electron chi connectivity index (χ1n) is 4.99. The van der Waals surface area contributed by atoms with Gasteiger partial charge in [-0.25, -0.2) is 9.79 Å². The number of aliphatic hydroxyl groups is 2. The molecule has 5 N–H and O–H groups in total. The Morgan fingerprint density at radius 3 is 2.82 bits per heavy atom. The van der Waals surface area contributed by atoms with Crippen LogP contribution in [0.3, 0.4) is 0 Å². The van der Waals surface area contributed by atoms with Crippen LogP contribution < -0.4 is 11.1 Å². The molecule has 0 aliphatic carbocycles. The molecule has 0 unspecified atom stereocenters. The van der Waals surface area contributed by atoms with E-state index in [-0.39, 0.29) is 18.5 Å². The molecule has 0 aromatic rings. The molecule has 2 amide bonds. The molecule has 0 aromatic heterocycles. The van der Waals surface area contributed by atoms with Gasteiger partial charge in [0.25, 0.3) is 0 Å². The number of nitrogens with one attached hydrogen (secondary N) is 1.